The number of rotatable bonds is 4. The number of anilines is 2. The van der Waals surface area contributed by atoms with E-state index < -0.39 is 12.0 Å². The molecule has 6 nitrogen and oxygen atoms in total. The molecule has 2 aromatic rings. The van der Waals surface area contributed by atoms with Crippen molar-refractivity contribution in [1.82, 2.24) is 0 Å². The maximum atomic E-state index is 13.5. The summed E-state index contributed by atoms with van der Waals surface area (Å²) in [7, 11) is 0. The minimum atomic E-state index is -1.03. The highest BCUT2D eigenvalue weighted by Gasteiger charge is 2.43. The Kier molecular flexibility index (Phi) is 5.63. The van der Waals surface area contributed by atoms with Gasteiger partial charge in [0, 0.05) is 24.1 Å². The Morgan fingerprint density at radius 3 is 2.44 bits per heavy atom. The number of aryl methyl sites for hydroxylation is 1. The van der Waals surface area contributed by atoms with Crippen molar-refractivity contribution in [1.29, 1.82) is 0 Å². The van der Waals surface area contributed by atoms with Crippen LogP contribution in [0.4, 0.5) is 11.4 Å². The van der Waals surface area contributed by atoms with Gasteiger partial charge in [-0.25, -0.2) is 0 Å². The Labute approximate surface area is 187 Å². The van der Waals surface area contributed by atoms with E-state index in [4.69, 9.17) is 5.11 Å². The number of carbonyl (C=O) groups excluding carboxylic acids is 2. The van der Waals surface area contributed by atoms with Crippen molar-refractivity contribution in [3.63, 3.8) is 0 Å². The highest BCUT2D eigenvalue weighted by molar-refractivity contribution is 6.06. The van der Waals surface area contributed by atoms with Gasteiger partial charge in [0.2, 0.25) is 5.91 Å². The molecule has 1 atom stereocenters. The second-order valence-corrected chi connectivity index (χ2v) is 9.45. The number of Topliss-reactive ketones (excluding diaryl/α,β-unsaturated/α-hetero) is 1. The van der Waals surface area contributed by atoms with Crippen LogP contribution < -0.4 is 10.2 Å². The summed E-state index contributed by atoms with van der Waals surface area (Å²) in [4.78, 5) is 39.8. The predicted octanol–water partition coefficient (Wildman–Crippen LogP) is 5.00. The van der Waals surface area contributed by atoms with Gasteiger partial charge in [-0.2, -0.15) is 0 Å². The first-order chi connectivity index (χ1) is 15.2. The molecule has 0 radical (unpaired) electrons. The number of aliphatic carboxylic acids is 1. The smallest absolute Gasteiger partial charge is 0.303 e. The first kappa shape index (κ1) is 21.8. The molecule has 2 aliphatic rings. The third-order valence-electron chi connectivity index (χ3n) is 6.12. The number of carbonyl (C=O) groups is 3. The number of amides is 1. The molecule has 1 amide bonds. The molecule has 0 saturated heterocycles. The second-order valence-electron chi connectivity index (χ2n) is 9.45. The molecule has 0 fully saturated rings. The monoisotopic (exact) mass is 432 g/mol. The van der Waals surface area contributed by atoms with Crippen molar-refractivity contribution in [3.05, 3.63) is 70.9 Å². The molecule has 6 heteroatoms. The number of para-hydroxylation sites is 2. The molecule has 2 aromatic carbocycles. The Morgan fingerprint density at radius 1 is 1.06 bits per heavy atom. The predicted molar refractivity (Wildman–Crippen MR) is 123 cm³/mol. The Hall–Kier alpha value is -3.41. The van der Waals surface area contributed by atoms with Crippen LogP contribution in [0.5, 0.6) is 0 Å². The minimum Gasteiger partial charge on any atom is -0.481 e. The largest absolute Gasteiger partial charge is 0.481 e. The first-order valence-electron chi connectivity index (χ1n) is 10.9. The minimum absolute atomic E-state index is 0.0122. The van der Waals surface area contributed by atoms with Crippen molar-refractivity contribution >= 4 is 29.0 Å². The highest BCUT2D eigenvalue weighted by atomic mass is 16.4. The van der Waals surface area contributed by atoms with Crippen LogP contribution in [0.2, 0.25) is 0 Å². The van der Waals surface area contributed by atoms with Gasteiger partial charge >= 0.3 is 5.97 Å². The molecule has 1 heterocycles. The summed E-state index contributed by atoms with van der Waals surface area (Å²) in [6.07, 6.45) is 0.665. The summed E-state index contributed by atoms with van der Waals surface area (Å²) in [5, 5.41) is 12.6. The van der Waals surface area contributed by atoms with Crippen molar-refractivity contribution in [2.45, 2.75) is 52.5 Å². The van der Waals surface area contributed by atoms with E-state index in [1.54, 1.807) is 4.90 Å². The van der Waals surface area contributed by atoms with Crippen LogP contribution in [0.25, 0.3) is 0 Å². The number of nitrogens with one attached hydrogen (secondary N) is 1. The van der Waals surface area contributed by atoms with E-state index in [1.807, 2.05) is 55.5 Å². The summed E-state index contributed by atoms with van der Waals surface area (Å²) in [6.45, 7) is 6.14. The highest BCUT2D eigenvalue weighted by Crippen LogP contribution is 2.48. The lowest BCUT2D eigenvalue weighted by Crippen LogP contribution is -2.39. The van der Waals surface area contributed by atoms with Crippen molar-refractivity contribution in [2.24, 2.45) is 5.41 Å². The third kappa shape index (κ3) is 4.17. The standard InChI is InChI=1S/C26H28N2O4/c1-16-8-10-17(11-9-16)25-24-19(14-26(2,3)15-21(24)29)27-18-6-4-5-7-20(18)28(25)22(30)12-13-23(31)32/h4-11,25,27H,12-15H2,1-3H3,(H,31,32)/t25-/m0/s1. The van der Waals surface area contributed by atoms with E-state index >= 15 is 0 Å². The van der Waals surface area contributed by atoms with Gasteiger partial charge in [-0.05, 0) is 36.5 Å². The summed E-state index contributed by atoms with van der Waals surface area (Å²) in [6, 6.07) is 14.7. The molecular formula is C26H28N2O4. The van der Waals surface area contributed by atoms with Crippen LogP contribution in [-0.2, 0) is 14.4 Å². The Bertz CT molecular complexity index is 1110. The first-order valence-corrected chi connectivity index (χ1v) is 10.9. The third-order valence-corrected chi connectivity index (χ3v) is 6.12. The summed E-state index contributed by atoms with van der Waals surface area (Å²) in [5.41, 5.74) is 4.52. The molecule has 4 rings (SSSR count). The zero-order chi connectivity index (χ0) is 23.0. The lowest BCUT2D eigenvalue weighted by Gasteiger charge is -2.37. The molecule has 0 saturated carbocycles. The number of carboxylic acids is 1. The van der Waals surface area contributed by atoms with Crippen LogP contribution in [-0.4, -0.2) is 22.8 Å². The van der Waals surface area contributed by atoms with Gasteiger partial charge in [-0.1, -0.05) is 55.8 Å². The second kappa shape index (κ2) is 8.26. The quantitative estimate of drug-likeness (QED) is 0.710. The van der Waals surface area contributed by atoms with Gasteiger partial charge in [0.1, 0.15) is 0 Å². The number of allylic oxidation sites excluding steroid dienone is 1. The van der Waals surface area contributed by atoms with Crippen LogP contribution in [0.15, 0.2) is 59.8 Å². The van der Waals surface area contributed by atoms with Gasteiger partial charge in [-0.15, -0.1) is 0 Å². The number of fused-ring (bicyclic) bond motifs is 1. The Balaban J connectivity index is 1.95. The topological polar surface area (TPSA) is 86.7 Å². The van der Waals surface area contributed by atoms with Gasteiger partial charge in [0.15, 0.2) is 5.78 Å². The van der Waals surface area contributed by atoms with Gasteiger partial charge in [0.05, 0.1) is 23.8 Å². The van der Waals surface area contributed by atoms with E-state index in [9.17, 15) is 14.4 Å². The summed E-state index contributed by atoms with van der Waals surface area (Å²) in [5.74, 6) is -1.33. The lowest BCUT2D eigenvalue weighted by molar-refractivity contribution is -0.138. The summed E-state index contributed by atoms with van der Waals surface area (Å²) >= 11 is 0. The van der Waals surface area contributed by atoms with E-state index in [2.05, 4.69) is 19.2 Å². The van der Waals surface area contributed by atoms with Crippen molar-refractivity contribution < 1.29 is 19.5 Å². The molecular weight excluding hydrogens is 404 g/mol. The number of ketones is 1. The molecule has 1 aliphatic carbocycles. The number of hydrogen-bond acceptors (Lipinski definition) is 4. The SMILES string of the molecule is Cc1ccc([C@H]2C3=C(CC(C)(C)CC3=O)Nc3ccccc3N2C(=O)CCC(=O)O)cc1. The van der Waals surface area contributed by atoms with E-state index in [-0.39, 0.29) is 29.9 Å². The molecule has 2 N–H and O–H groups in total. The Morgan fingerprint density at radius 2 is 1.75 bits per heavy atom. The molecule has 1 aliphatic heterocycles. The molecule has 166 valence electrons. The fourth-order valence-electron chi connectivity index (χ4n) is 4.66. The van der Waals surface area contributed by atoms with Crippen molar-refractivity contribution in [3.8, 4) is 0 Å². The fourth-order valence-corrected chi connectivity index (χ4v) is 4.66. The van der Waals surface area contributed by atoms with Gasteiger partial charge in [-0.3, -0.25) is 19.3 Å². The van der Waals surface area contributed by atoms with Crippen LogP contribution in [0.1, 0.15) is 56.7 Å². The van der Waals surface area contributed by atoms with Crippen LogP contribution in [0, 0.1) is 12.3 Å². The normalized spacial score (nSPS) is 19.5. The number of nitrogens with zero attached hydrogens (tertiary/aromatic N) is 1. The lowest BCUT2D eigenvalue weighted by atomic mass is 9.73. The zero-order valence-electron chi connectivity index (χ0n) is 18.6. The maximum absolute atomic E-state index is 13.5. The van der Waals surface area contributed by atoms with Crippen molar-refractivity contribution in [2.75, 3.05) is 10.2 Å². The summed E-state index contributed by atoms with van der Waals surface area (Å²) < 4.78 is 0. The molecule has 0 unspecified atom stereocenters. The number of hydrogen-bond donors (Lipinski definition) is 2. The van der Waals surface area contributed by atoms with Gasteiger partial charge in [0.25, 0.3) is 0 Å². The van der Waals surface area contributed by atoms with E-state index in [0.29, 0.717) is 24.1 Å². The fraction of sp³-hybridized carbons (Fsp3) is 0.346. The maximum Gasteiger partial charge on any atom is 0.303 e. The molecule has 0 bridgehead atoms. The van der Waals surface area contributed by atoms with Crippen LogP contribution in [0.3, 0.4) is 0 Å². The number of benzene rings is 2. The van der Waals surface area contributed by atoms with E-state index in [1.165, 1.54) is 0 Å². The number of carboxylic acid groups (broad SMARTS) is 1. The zero-order valence-corrected chi connectivity index (χ0v) is 18.6. The molecule has 0 spiro atoms. The van der Waals surface area contributed by atoms with E-state index in [0.717, 1.165) is 22.5 Å². The van der Waals surface area contributed by atoms with Crippen LogP contribution >= 0.6 is 0 Å². The van der Waals surface area contributed by atoms with Gasteiger partial charge < -0.3 is 10.4 Å². The molecule has 32 heavy (non-hydrogen) atoms. The average Bonchev–Trinajstić information content (AvgIpc) is 2.86. The molecule has 0 aromatic heterocycles. The average molecular weight is 433 g/mol.